The Morgan fingerprint density at radius 3 is 2.88 bits per heavy atom. The normalized spacial score (nSPS) is 20.0. The van der Waals surface area contributed by atoms with Gasteiger partial charge in [0.2, 0.25) is 0 Å². The van der Waals surface area contributed by atoms with E-state index in [9.17, 15) is 9.90 Å². The van der Waals surface area contributed by atoms with Gasteiger partial charge in [-0.2, -0.15) is 0 Å². The van der Waals surface area contributed by atoms with Crippen LogP contribution in [0.3, 0.4) is 0 Å². The lowest BCUT2D eigenvalue weighted by atomic mass is 10.1. The number of hydrogen-bond donors (Lipinski definition) is 1. The lowest BCUT2D eigenvalue weighted by Crippen LogP contribution is -2.30. The third-order valence-electron chi connectivity index (χ3n) is 3.03. The molecule has 4 nitrogen and oxygen atoms in total. The van der Waals surface area contributed by atoms with E-state index in [1.54, 1.807) is 11.0 Å². The molecule has 0 bridgehead atoms. The van der Waals surface area contributed by atoms with Gasteiger partial charge in [-0.1, -0.05) is 19.9 Å². The van der Waals surface area contributed by atoms with Crippen molar-refractivity contribution in [3.63, 3.8) is 0 Å². The van der Waals surface area contributed by atoms with Crippen molar-refractivity contribution in [1.82, 2.24) is 9.88 Å². The van der Waals surface area contributed by atoms with E-state index in [0.29, 0.717) is 31.1 Å². The highest BCUT2D eigenvalue weighted by molar-refractivity contribution is 5.92. The van der Waals surface area contributed by atoms with Gasteiger partial charge in [0.05, 0.1) is 6.10 Å². The molecule has 4 heteroatoms. The fourth-order valence-electron chi connectivity index (χ4n) is 1.98. The minimum Gasteiger partial charge on any atom is -0.391 e. The quantitative estimate of drug-likeness (QED) is 0.841. The Morgan fingerprint density at radius 1 is 1.53 bits per heavy atom. The summed E-state index contributed by atoms with van der Waals surface area (Å²) < 4.78 is 0. The first kappa shape index (κ1) is 12.0. The van der Waals surface area contributed by atoms with Gasteiger partial charge in [-0.15, -0.1) is 0 Å². The maximum Gasteiger partial charge on any atom is 0.272 e. The van der Waals surface area contributed by atoms with Crippen LogP contribution in [0.1, 0.15) is 42.4 Å². The summed E-state index contributed by atoms with van der Waals surface area (Å²) in [6, 6.07) is 5.53. The number of amides is 1. The fraction of sp³-hybridized carbons (Fsp3) is 0.538. The van der Waals surface area contributed by atoms with Gasteiger partial charge in [-0.25, -0.2) is 4.98 Å². The first-order valence-corrected chi connectivity index (χ1v) is 6.02. The summed E-state index contributed by atoms with van der Waals surface area (Å²) in [6.07, 6.45) is 0.280. The highest BCUT2D eigenvalue weighted by atomic mass is 16.3. The lowest BCUT2D eigenvalue weighted by molar-refractivity contribution is 0.0759. The monoisotopic (exact) mass is 234 g/mol. The number of carbonyl (C=O) groups excluding carboxylic acids is 1. The van der Waals surface area contributed by atoms with Crippen LogP contribution in [-0.4, -0.2) is 40.1 Å². The van der Waals surface area contributed by atoms with E-state index in [-0.39, 0.29) is 12.0 Å². The highest BCUT2D eigenvalue weighted by Gasteiger charge is 2.26. The standard InChI is InChI=1S/C13H18N2O2/c1-9(2)11-4-3-5-12(14-11)13(17)15-7-6-10(16)8-15/h3-5,9-10,16H,6-8H2,1-2H3. The summed E-state index contributed by atoms with van der Waals surface area (Å²) in [6.45, 7) is 5.15. The SMILES string of the molecule is CC(C)c1cccc(C(=O)N2CCC(O)C2)n1. The second-order valence-electron chi connectivity index (χ2n) is 4.80. The van der Waals surface area contributed by atoms with Gasteiger partial charge in [0.15, 0.2) is 0 Å². The van der Waals surface area contributed by atoms with Gasteiger partial charge in [0.1, 0.15) is 5.69 Å². The molecule has 1 fully saturated rings. The molecule has 92 valence electrons. The van der Waals surface area contributed by atoms with Crippen LogP contribution < -0.4 is 0 Å². The molecule has 0 aliphatic carbocycles. The number of carbonyl (C=O) groups is 1. The molecule has 0 radical (unpaired) electrons. The van der Waals surface area contributed by atoms with Crippen LogP contribution in [-0.2, 0) is 0 Å². The van der Waals surface area contributed by atoms with Crippen LogP contribution in [0.15, 0.2) is 18.2 Å². The molecule has 1 saturated heterocycles. The van der Waals surface area contributed by atoms with Crippen molar-refractivity contribution in [2.45, 2.75) is 32.3 Å². The molecule has 17 heavy (non-hydrogen) atoms. The first-order chi connectivity index (χ1) is 8.08. The van der Waals surface area contributed by atoms with Gasteiger partial charge in [-0.3, -0.25) is 4.79 Å². The smallest absolute Gasteiger partial charge is 0.272 e. The van der Waals surface area contributed by atoms with Gasteiger partial charge >= 0.3 is 0 Å². The molecule has 1 aliphatic rings. The van der Waals surface area contributed by atoms with Crippen molar-refractivity contribution in [3.8, 4) is 0 Å². The zero-order chi connectivity index (χ0) is 12.4. The Morgan fingerprint density at radius 2 is 2.29 bits per heavy atom. The van der Waals surface area contributed by atoms with E-state index in [2.05, 4.69) is 18.8 Å². The van der Waals surface area contributed by atoms with Crippen molar-refractivity contribution < 1.29 is 9.90 Å². The largest absolute Gasteiger partial charge is 0.391 e. The maximum absolute atomic E-state index is 12.1. The Kier molecular flexibility index (Phi) is 3.43. The summed E-state index contributed by atoms with van der Waals surface area (Å²) >= 11 is 0. The van der Waals surface area contributed by atoms with Gasteiger partial charge < -0.3 is 10.0 Å². The molecule has 0 spiro atoms. The van der Waals surface area contributed by atoms with Crippen molar-refractivity contribution in [3.05, 3.63) is 29.6 Å². The van der Waals surface area contributed by atoms with Gasteiger partial charge in [0, 0.05) is 18.8 Å². The average molecular weight is 234 g/mol. The summed E-state index contributed by atoms with van der Waals surface area (Å²) in [5, 5.41) is 9.42. The zero-order valence-corrected chi connectivity index (χ0v) is 10.3. The summed E-state index contributed by atoms with van der Waals surface area (Å²) in [4.78, 5) is 18.2. The van der Waals surface area contributed by atoms with Crippen molar-refractivity contribution in [2.75, 3.05) is 13.1 Å². The highest BCUT2D eigenvalue weighted by Crippen LogP contribution is 2.15. The number of aliphatic hydroxyl groups is 1. The zero-order valence-electron chi connectivity index (χ0n) is 10.3. The molecule has 1 aliphatic heterocycles. The fourth-order valence-corrected chi connectivity index (χ4v) is 1.98. The third kappa shape index (κ3) is 2.64. The van der Waals surface area contributed by atoms with E-state index in [0.717, 1.165) is 5.69 Å². The van der Waals surface area contributed by atoms with Crippen LogP contribution in [0, 0.1) is 0 Å². The Bertz CT molecular complexity index is 418. The molecule has 1 aromatic heterocycles. The minimum absolute atomic E-state index is 0.0796. The van der Waals surface area contributed by atoms with E-state index in [1.807, 2.05) is 12.1 Å². The Balaban J connectivity index is 2.16. The van der Waals surface area contributed by atoms with Crippen molar-refractivity contribution >= 4 is 5.91 Å². The predicted molar refractivity (Wildman–Crippen MR) is 64.9 cm³/mol. The molecule has 1 N–H and O–H groups in total. The average Bonchev–Trinajstić information content (AvgIpc) is 2.75. The van der Waals surface area contributed by atoms with Gasteiger partial charge in [0.25, 0.3) is 5.91 Å². The van der Waals surface area contributed by atoms with Crippen LogP contribution in [0.25, 0.3) is 0 Å². The van der Waals surface area contributed by atoms with Crippen LogP contribution in [0.2, 0.25) is 0 Å². The Hall–Kier alpha value is -1.42. The number of β-amino-alcohol motifs (C(OH)–C–C–N with tert-alkyl or cyclic N) is 1. The second kappa shape index (κ2) is 4.84. The second-order valence-corrected chi connectivity index (χ2v) is 4.80. The first-order valence-electron chi connectivity index (χ1n) is 6.02. The lowest BCUT2D eigenvalue weighted by Gasteiger charge is -2.15. The number of rotatable bonds is 2. The molecular formula is C13H18N2O2. The number of likely N-dealkylation sites (tertiary alicyclic amines) is 1. The maximum atomic E-state index is 12.1. The van der Waals surface area contributed by atoms with E-state index in [4.69, 9.17) is 0 Å². The minimum atomic E-state index is -0.382. The molecule has 1 atom stereocenters. The molecule has 1 amide bonds. The van der Waals surface area contributed by atoms with Crippen molar-refractivity contribution in [2.24, 2.45) is 0 Å². The molecule has 1 aromatic rings. The van der Waals surface area contributed by atoms with Crippen LogP contribution >= 0.6 is 0 Å². The number of hydrogen-bond acceptors (Lipinski definition) is 3. The topological polar surface area (TPSA) is 53.4 Å². The molecular weight excluding hydrogens is 216 g/mol. The van der Waals surface area contributed by atoms with Gasteiger partial charge in [-0.05, 0) is 24.5 Å². The number of nitrogens with zero attached hydrogens (tertiary/aromatic N) is 2. The van der Waals surface area contributed by atoms with E-state index in [1.165, 1.54) is 0 Å². The van der Waals surface area contributed by atoms with Crippen molar-refractivity contribution in [1.29, 1.82) is 0 Å². The van der Waals surface area contributed by atoms with E-state index < -0.39 is 0 Å². The molecule has 1 unspecified atom stereocenters. The summed E-state index contributed by atoms with van der Waals surface area (Å²) in [7, 11) is 0. The number of aliphatic hydroxyl groups excluding tert-OH is 1. The van der Waals surface area contributed by atoms with Crippen LogP contribution in [0.5, 0.6) is 0 Å². The molecule has 2 rings (SSSR count). The summed E-state index contributed by atoms with van der Waals surface area (Å²) in [5.74, 6) is 0.232. The summed E-state index contributed by atoms with van der Waals surface area (Å²) in [5.41, 5.74) is 1.40. The molecule has 0 aromatic carbocycles. The molecule has 0 saturated carbocycles. The Labute approximate surface area is 101 Å². The number of pyridine rings is 1. The number of aromatic nitrogens is 1. The van der Waals surface area contributed by atoms with E-state index >= 15 is 0 Å². The van der Waals surface area contributed by atoms with Crippen LogP contribution in [0.4, 0.5) is 0 Å². The predicted octanol–water partition coefficient (Wildman–Crippen LogP) is 1.41. The third-order valence-corrected chi connectivity index (χ3v) is 3.03. The molecule has 2 heterocycles.